The van der Waals surface area contributed by atoms with Gasteiger partial charge >= 0.3 is 0 Å². The Kier molecular flexibility index (Phi) is 6.82. The summed E-state index contributed by atoms with van der Waals surface area (Å²) in [6.45, 7) is 6.45. The maximum atomic E-state index is 13.3. The van der Waals surface area contributed by atoms with Crippen LogP contribution in [0, 0.1) is 11.3 Å². The molecule has 6 nitrogen and oxygen atoms in total. The van der Waals surface area contributed by atoms with Gasteiger partial charge < -0.3 is 15.1 Å². The highest BCUT2D eigenvalue weighted by atomic mass is 16.2. The number of nitrogens with zero attached hydrogens (tertiary/aromatic N) is 2. The molecule has 0 spiro atoms. The van der Waals surface area contributed by atoms with E-state index in [-0.39, 0.29) is 30.1 Å². The van der Waals surface area contributed by atoms with Crippen molar-refractivity contribution < 1.29 is 14.4 Å². The van der Waals surface area contributed by atoms with Crippen molar-refractivity contribution in [2.24, 2.45) is 11.3 Å². The summed E-state index contributed by atoms with van der Waals surface area (Å²) in [5.74, 6) is -0.261. The molecule has 0 aliphatic carbocycles. The summed E-state index contributed by atoms with van der Waals surface area (Å²) < 4.78 is 0. The highest BCUT2D eigenvalue weighted by molar-refractivity contribution is 5.91. The van der Waals surface area contributed by atoms with Crippen molar-refractivity contribution in [1.82, 2.24) is 15.1 Å². The first-order valence-corrected chi connectivity index (χ1v) is 12.0. The van der Waals surface area contributed by atoms with Crippen LogP contribution in [0.3, 0.4) is 0 Å². The summed E-state index contributed by atoms with van der Waals surface area (Å²) >= 11 is 0. The number of hydrogen-bond acceptors (Lipinski definition) is 3. The van der Waals surface area contributed by atoms with Gasteiger partial charge in [0.15, 0.2) is 0 Å². The van der Waals surface area contributed by atoms with Crippen LogP contribution in [0.1, 0.15) is 32.3 Å². The minimum atomic E-state index is -0.677. The van der Waals surface area contributed by atoms with Crippen LogP contribution in [0.15, 0.2) is 54.6 Å². The van der Waals surface area contributed by atoms with Crippen LogP contribution in [0.25, 0.3) is 11.1 Å². The zero-order valence-corrected chi connectivity index (χ0v) is 19.5. The van der Waals surface area contributed by atoms with E-state index in [1.165, 1.54) is 0 Å². The fourth-order valence-corrected chi connectivity index (χ4v) is 5.26. The lowest BCUT2D eigenvalue weighted by Crippen LogP contribution is -2.46. The zero-order valence-electron chi connectivity index (χ0n) is 19.5. The molecule has 1 N–H and O–H groups in total. The Balaban J connectivity index is 1.59. The van der Waals surface area contributed by atoms with Gasteiger partial charge in [0, 0.05) is 39.1 Å². The largest absolute Gasteiger partial charge is 0.356 e. The third kappa shape index (κ3) is 4.65. The molecule has 2 heterocycles. The molecule has 2 aromatic rings. The van der Waals surface area contributed by atoms with Gasteiger partial charge in [-0.3, -0.25) is 14.4 Å². The van der Waals surface area contributed by atoms with Crippen LogP contribution in [-0.2, 0) is 20.8 Å². The van der Waals surface area contributed by atoms with Crippen LogP contribution >= 0.6 is 0 Å². The minimum absolute atomic E-state index is 0.000785. The van der Waals surface area contributed by atoms with Gasteiger partial charge in [0.05, 0.1) is 11.3 Å². The predicted molar refractivity (Wildman–Crippen MR) is 128 cm³/mol. The minimum Gasteiger partial charge on any atom is -0.356 e. The van der Waals surface area contributed by atoms with Crippen molar-refractivity contribution >= 4 is 17.7 Å². The Bertz CT molecular complexity index is 1020. The Morgan fingerprint density at radius 2 is 1.79 bits per heavy atom. The Labute approximate surface area is 196 Å². The van der Waals surface area contributed by atoms with Gasteiger partial charge in [-0.05, 0) is 43.4 Å². The molecule has 0 aromatic heterocycles. The third-order valence-electron chi connectivity index (χ3n) is 7.06. The normalized spacial score (nSPS) is 22.6. The van der Waals surface area contributed by atoms with Gasteiger partial charge in [-0.1, -0.05) is 54.6 Å². The van der Waals surface area contributed by atoms with Crippen molar-refractivity contribution in [2.75, 3.05) is 32.7 Å². The zero-order chi connectivity index (χ0) is 23.4. The number of rotatable bonds is 7. The van der Waals surface area contributed by atoms with Gasteiger partial charge in [0.1, 0.15) is 0 Å². The van der Waals surface area contributed by atoms with Crippen molar-refractivity contribution in [1.29, 1.82) is 0 Å². The molecule has 33 heavy (non-hydrogen) atoms. The standard InChI is InChI=1S/C27H33N3O3/c1-3-28-26(33)27(17-21-12-8-9-13-23(21)20-10-6-5-7-11-20)14-15-30(19-27)25(32)22-16-24(31)29(4-2)18-22/h5-13,22H,3-4,14-19H2,1-2H3,(H,28,33). The van der Waals surface area contributed by atoms with Crippen molar-refractivity contribution in [3.8, 4) is 11.1 Å². The number of benzene rings is 2. The lowest BCUT2D eigenvalue weighted by molar-refractivity contribution is -0.136. The van der Waals surface area contributed by atoms with Gasteiger partial charge in [0.2, 0.25) is 17.7 Å². The molecule has 2 aliphatic rings. The van der Waals surface area contributed by atoms with E-state index in [4.69, 9.17) is 0 Å². The van der Waals surface area contributed by atoms with E-state index in [0.717, 1.165) is 16.7 Å². The molecular weight excluding hydrogens is 414 g/mol. The Hall–Kier alpha value is -3.15. The molecule has 6 heteroatoms. The van der Waals surface area contributed by atoms with E-state index in [2.05, 4.69) is 29.6 Å². The Morgan fingerprint density at radius 3 is 2.48 bits per heavy atom. The number of hydrogen-bond donors (Lipinski definition) is 1. The van der Waals surface area contributed by atoms with E-state index in [1.54, 1.807) is 4.90 Å². The average molecular weight is 448 g/mol. The lowest BCUT2D eigenvalue weighted by Gasteiger charge is -2.30. The number of carbonyl (C=O) groups excluding carboxylic acids is 3. The number of likely N-dealkylation sites (tertiary alicyclic amines) is 2. The van der Waals surface area contributed by atoms with Crippen molar-refractivity contribution in [3.05, 3.63) is 60.2 Å². The molecule has 2 fully saturated rings. The van der Waals surface area contributed by atoms with Crippen LogP contribution in [0.2, 0.25) is 0 Å². The second kappa shape index (κ2) is 9.77. The number of nitrogens with one attached hydrogen (secondary N) is 1. The highest BCUT2D eigenvalue weighted by Gasteiger charge is 2.48. The molecule has 174 valence electrons. The number of carbonyl (C=O) groups is 3. The third-order valence-corrected chi connectivity index (χ3v) is 7.06. The van der Waals surface area contributed by atoms with Crippen LogP contribution < -0.4 is 5.32 Å². The quantitative estimate of drug-likeness (QED) is 0.709. The van der Waals surface area contributed by atoms with Crippen LogP contribution in [-0.4, -0.2) is 60.2 Å². The fraction of sp³-hybridized carbons (Fsp3) is 0.444. The molecule has 0 radical (unpaired) electrons. The molecule has 0 saturated carbocycles. The average Bonchev–Trinajstić information content (AvgIpc) is 3.44. The summed E-state index contributed by atoms with van der Waals surface area (Å²) in [6.07, 6.45) is 1.46. The van der Waals surface area contributed by atoms with Crippen molar-refractivity contribution in [2.45, 2.75) is 33.1 Å². The first kappa shape index (κ1) is 23.0. The molecule has 2 saturated heterocycles. The second-order valence-corrected chi connectivity index (χ2v) is 9.18. The lowest BCUT2D eigenvalue weighted by atomic mass is 9.78. The molecule has 3 amide bonds. The van der Waals surface area contributed by atoms with Crippen LogP contribution in [0.4, 0.5) is 0 Å². The first-order valence-electron chi connectivity index (χ1n) is 12.0. The van der Waals surface area contributed by atoms with Crippen molar-refractivity contribution in [3.63, 3.8) is 0 Å². The summed E-state index contributed by atoms with van der Waals surface area (Å²) in [6, 6.07) is 18.4. The van der Waals surface area contributed by atoms with E-state index >= 15 is 0 Å². The maximum Gasteiger partial charge on any atom is 0.228 e. The van der Waals surface area contributed by atoms with E-state index in [1.807, 2.05) is 49.1 Å². The molecular formula is C27H33N3O3. The fourth-order valence-electron chi connectivity index (χ4n) is 5.26. The van der Waals surface area contributed by atoms with E-state index < -0.39 is 5.41 Å². The summed E-state index contributed by atoms with van der Waals surface area (Å²) in [7, 11) is 0. The molecule has 2 atom stereocenters. The van der Waals surface area contributed by atoms with Gasteiger partial charge in [-0.2, -0.15) is 0 Å². The van der Waals surface area contributed by atoms with E-state index in [9.17, 15) is 14.4 Å². The highest BCUT2D eigenvalue weighted by Crippen LogP contribution is 2.38. The first-order chi connectivity index (χ1) is 16.0. The van der Waals surface area contributed by atoms with E-state index in [0.29, 0.717) is 45.6 Å². The SMILES string of the molecule is CCNC(=O)C1(Cc2ccccc2-c2ccccc2)CCN(C(=O)C2CC(=O)N(CC)C2)C1. The molecule has 2 unspecified atom stereocenters. The molecule has 4 rings (SSSR count). The summed E-state index contributed by atoms with van der Waals surface area (Å²) in [5, 5.41) is 3.02. The molecule has 0 bridgehead atoms. The van der Waals surface area contributed by atoms with Crippen LogP contribution in [0.5, 0.6) is 0 Å². The molecule has 2 aliphatic heterocycles. The Morgan fingerprint density at radius 1 is 1.06 bits per heavy atom. The topological polar surface area (TPSA) is 69.7 Å². The summed E-state index contributed by atoms with van der Waals surface area (Å²) in [4.78, 5) is 42.3. The maximum absolute atomic E-state index is 13.3. The number of amides is 3. The van der Waals surface area contributed by atoms with Gasteiger partial charge in [-0.25, -0.2) is 0 Å². The van der Waals surface area contributed by atoms with Gasteiger partial charge in [-0.15, -0.1) is 0 Å². The monoisotopic (exact) mass is 447 g/mol. The second-order valence-electron chi connectivity index (χ2n) is 9.18. The molecule has 2 aromatic carbocycles. The van der Waals surface area contributed by atoms with Gasteiger partial charge in [0.25, 0.3) is 0 Å². The predicted octanol–water partition coefficient (Wildman–Crippen LogP) is 3.12. The summed E-state index contributed by atoms with van der Waals surface area (Å²) in [5.41, 5.74) is 2.67. The smallest absolute Gasteiger partial charge is 0.228 e.